The highest BCUT2D eigenvalue weighted by atomic mass is 31.2. The normalized spacial score (nSPS) is 39.6. The summed E-state index contributed by atoms with van der Waals surface area (Å²) >= 11 is 0. The van der Waals surface area contributed by atoms with Gasteiger partial charge in [-0.15, -0.1) is 0 Å². The van der Waals surface area contributed by atoms with Crippen LogP contribution in [0.3, 0.4) is 0 Å². The Labute approximate surface area is 118 Å². The summed E-state index contributed by atoms with van der Waals surface area (Å²) < 4.78 is 24.0. The molecule has 0 aromatic heterocycles. The van der Waals surface area contributed by atoms with Crippen LogP contribution in [0.2, 0.25) is 0 Å². The summed E-state index contributed by atoms with van der Waals surface area (Å²) in [7, 11) is -2.90. The van der Waals surface area contributed by atoms with Gasteiger partial charge in [0.1, 0.15) is 0 Å². The van der Waals surface area contributed by atoms with Crippen LogP contribution in [-0.4, -0.2) is 19.4 Å². The summed E-state index contributed by atoms with van der Waals surface area (Å²) in [6.45, 7) is 8.91. The quantitative estimate of drug-likeness (QED) is 0.687. The summed E-state index contributed by atoms with van der Waals surface area (Å²) in [4.78, 5) is 0. The van der Waals surface area contributed by atoms with E-state index in [0.717, 1.165) is 6.42 Å². The van der Waals surface area contributed by atoms with Crippen molar-refractivity contribution in [3.8, 4) is 0 Å². The van der Waals surface area contributed by atoms with E-state index in [1.807, 2.05) is 0 Å². The van der Waals surface area contributed by atoms with Crippen LogP contribution < -0.4 is 0 Å². The van der Waals surface area contributed by atoms with E-state index in [-0.39, 0.29) is 6.10 Å². The highest BCUT2D eigenvalue weighted by Crippen LogP contribution is 2.51. The van der Waals surface area contributed by atoms with E-state index < -0.39 is 7.60 Å². The SMILES string of the molecule is CC1C[C@@H](C)C(C)[C@H]1OP(C)(=O)OCC1CCCC1. The largest absolute Gasteiger partial charge is 0.327 e. The lowest BCUT2D eigenvalue weighted by molar-refractivity contribution is 0.0896. The highest BCUT2D eigenvalue weighted by Gasteiger charge is 2.40. The molecule has 0 heterocycles. The van der Waals surface area contributed by atoms with Gasteiger partial charge in [-0.1, -0.05) is 33.6 Å². The molecule has 2 aliphatic rings. The Morgan fingerprint density at radius 1 is 1.11 bits per heavy atom. The van der Waals surface area contributed by atoms with E-state index in [0.29, 0.717) is 30.3 Å². The van der Waals surface area contributed by atoms with Gasteiger partial charge in [-0.05, 0) is 42.9 Å². The smallest absolute Gasteiger partial charge is 0.308 e. The van der Waals surface area contributed by atoms with Gasteiger partial charge in [-0.2, -0.15) is 0 Å². The van der Waals surface area contributed by atoms with Crippen molar-refractivity contribution in [3.05, 3.63) is 0 Å². The molecular weight excluding hydrogens is 259 g/mol. The van der Waals surface area contributed by atoms with E-state index >= 15 is 0 Å². The van der Waals surface area contributed by atoms with Crippen molar-refractivity contribution in [2.24, 2.45) is 23.7 Å². The van der Waals surface area contributed by atoms with Crippen molar-refractivity contribution in [1.29, 1.82) is 0 Å². The lowest BCUT2D eigenvalue weighted by Gasteiger charge is -2.26. The Balaban J connectivity index is 1.84. The van der Waals surface area contributed by atoms with Gasteiger partial charge in [0.25, 0.3) is 0 Å². The van der Waals surface area contributed by atoms with Gasteiger partial charge in [0.05, 0.1) is 12.7 Å². The van der Waals surface area contributed by atoms with Crippen molar-refractivity contribution >= 4 is 7.60 Å². The minimum absolute atomic E-state index is 0.0920. The third-order valence-corrected chi connectivity index (χ3v) is 6.30. The standard InChI is InChI=1S/C15H29O3P/c1-11-9-12(2)15(13(11)3)18-19(4,16)17-10-14-7-5-6-8-14/h11-15H,5-10H2,1-4H3/t11-,12?,13?,15+,19?/m1/s1. The summed E-state index contributed by atoms with van der Waals surface area (Å²) in [5.74, 6) is 2.19. The zero-order valence-electron chi connectivity index (χ0n) is 12.8. The Morgan fingerprint density at radius 2 is 1.74 bits per heavy atom. The molecule has 0 amide bonds. The molecule has 0 N–H and O–H groups in total. The van der Waals surface area contributed by atoms with Crippen molar-refractivity contribution in [3.63, 3.8) is 0 Å². The molecule has 5 atom stereocenters. The molecule has 0 saturated heterocycles. The van der Waals surface area contributed by atoms with E-state index in [1.54, 1.807) is 6.66 Å². The van der Waals surface area contributed by atoms with Crippen molar-refractivity contribution in [1.82, 2.24) is 0 Å². The minimum atomic E-state index is -2.90. The van der Waals surface area contributed by atoms with Gasteiger partial charge in [0.2, 0.25) is 0 Å². The lowest BCUT2D eigenvalue weighted by atomic mass is 9.99. The molecule has 19 heavy (non-hydrogen) atoms. The van der Waals surface area contributed by atoms with Gasteiger partial charge in [-0.25, -0.2) is 0 Å². The maximum absolute atomic E-state index is 12.5. The highest BCUT2D eigenvalue weighted by molar-refractivity contribution is 7.53. The van der Waals surface area contributed by atoms with Gasteiger partial charge in [0, 0.05) is 6.66 Å². The average molecular weight is 288 g/mol. The first-order valence-corrected chi connectivity index (χ1v) is 9.78. The van der Waals surface area contributed by atoms with Gasteiger partial charge in [-0.3, -0.25) is 4.57 Å². The van der Waals surface area contributed by atoms with E-state index in [4.69, 9.17) is 9.05 Å². The first-order chi connectivity index (χ1) is 8.89. The zero-order valence-corrected chi connectivity index (χ0v) is 13.7. The summed E-state index contributed by atoms with van der Waals surface area (Å²) in [5, 5.41) is 0. The topological polar surface area (TPSA) is 35.5 Å². The second-order valence-corrected chi connectivity index (χ2v) is 8.85. The molecule has 0 aliphatic heterocycles. The van der Waals surface area contributed by atoms with Crippen LogP contribution in [0.5, 0.6) is 0 Å². The molecule has 112 valence electrons. The average Bonchev–Trinajstić information content (AvgIpc) is 2.92. The predicted octanol–water partition coefficient (Wildman–Crippen LogP) is 4.71. The second kappa shape index (κ2) is 6.28. The molecule has 0 bridgehead atoms. The molecule has 0 aromatic carbocycles. The van der Waals surface area contributed by atoms with E-state index in [2.05, 4.69) is 20.8 Å². The Kier molecular flexibility index (Phi) is 5.14. The molecule has 0 spiro atoms. The number of hydrogen-bond donors (Lipinski definition) is 0. The molecule has 0 radical (unpaired) electrons. The number of rotatable bonds is 5. The van der Waals surface area contributed by atoms with Gasteiger partial charge < -0.3 is 9.05 Å². The van der Waals surface area contributed by atoms with Crippen molar-refractivity contribution in [2.75, 3.05) is 13.3 Å². The fourth-order valence-electron chi connectivity index (χ4n) is 3.65. The Morgan fingerprint density at radius 3 is 2.26 bits per heavy atom. The molecule has 2 saturated carbocycles. The monoisotopic (exact) mass is 288 g/mol. The molecule has 2 aliphatic carbocycles. The first-order valence-electron chi connectivity index (χ1n) is 7.79. The summed E-state index contributed by atoms with van der Waals surface area (Å²) in [6.07, 6.45) is 6.26. The van der Waals surface area contributed by atoms with Crippen LogP contribution in [0.1, 0.15) is 52.9 Å². The zero-order chi connectivity index (χ0) is 14.0. The molecule has 2 fully saturated rings. The maximum atomic E-state index is 12.5. The lowest BCUT2D eigenvalue weighted by Crippen LogP contribution is -2.22. The van der Waals surface area contributed by atoms with Crippen LogP contribution in [0.25, 0.3) is 0 Å². The fraction of sp³-hybridized carbons (Fsp3) is 1.00. The van der Waals surface area contributed by atoms with Crippen LogP contribution in [-0.2, 0) is 13.6 Å². The van der Waals surface area contributed by atoms with Gasteiger partial charge >= 0.3 is 7.60 Å². The molecule has 4 heteroatoms. The number of hydrogen-bond acceptors (Lipinski definition) is 3. The first kappa shape index (κ1) is 15.5. The summed E-state index contributed by atoms with van der Waals surface area (Å²) in [6, 6.07) is 0. The fourth-order valence-corrected chi connectivity index (χ4v) is 5.03. The Bertz CT molecular complexity index is 338. The molecule has 3 unspecified atom stereocenters. The molecule has 2 rings (SSSR count). The van der Waals surface area contributed by atoms with Crippen LogP contribution in [0.15, 0.2) is 0 Å². The molecular formula is C15H29O3P. The van der Waals surface area contributed by atoms with Gasteiger partial charge in [0.15, 0.2) is 0 Å². The van der Waals surface area contributed by atoms with E-state index in [9.17, 15) is 4.57 Å². The second-order valence-electron chi connectivity index (χ2n) is 6.84. The maximum Gasteiger partial charge on any atom is 0.327 e. The van der Waals surface area contributed by atoms with Crippen molar-refractivity contribution < 1.29 is 13.6 Å². The molecule has 3 nitrogen and oxygen atoms in total. The van der Waals surface area contributed by atoms with Crippen molar-refractivity contribution in [2.45, 2.75) is 59.0 Å². The predicted molar refractivity (Wildman–Crippen MR) is 78.4 cm³/mol. The minimum Gasteiger partial charge on any atom is -0.308 e. The van der Waals surface area contributed by atoms with E-state index in [1.165, 1.54) is 25.7 Å². The summed E-state index contributed by atoms with van der Waals surface area (Å²) in [5.41, 5.74) is 0. The third-order valence-electron chi connectivity index (χ3n) is 5.05. The van der Waals surface area contributed by atoms with Crippen LogP contribution in [0, 0.1) is 23.7 Å². The van der Waals surface area contributed by atoms with Crippen LogP contribution >= 0.6 is 7.60 Å². The molecule has 0 aromatic rings. The third kappa shape index (κ3) is 4.06. The Hall–Kier alpha value is 0.150. The van der Waals surface area contributed by atoms with Crippen LogP contribution in [0.4, 0.5) is 0 Å².